The van der Waals surface area contributed by atoms with E-state index in [1.165, 1.54) is 22.3 Å². The van der Waals surface area contributed by atoms with Gasteiger partial charge < -0.3 is 5.32 Å². The molecular formula is C28H32N4O. The monoisotopic (exact) mass is 440 g/mol. The van der Waals surface area contributed by atoms with Gasteiger partial charge in [-0.25, -0.2) is 10.9 Å². The summed E-state index contributed by atoms with van der Waals surface area (Å²) < 4.78 is 0. The Morgan fingerprint density at radius 3 is 2.15 bits per heavy atom. The van der Waals surface area contributed by atoms with Crippen LogP contribution in [0.25, 0.3) is 0 Å². The molecular weight excluding hydrogens is 408 g/mol. The summed E-state index contributed by atoms with van der Waals surface area (Å²) in [5.74, 6) is 0.0975. The Kier molecular flexibility index (Phi) is 6.27. The standard InChI is InChI=1S/C28H32N4O/c1-18-8-12-21(13-9-18)24-16-23(28(33)29-17-20-6-4-3-5-7-20)25-26(31-32-27(25)30-24)22-14-10-19(2)11-15-22/h3-15,23-27,30-32H,16-17H2,1-2H3,(H,29,33). The maximum Gasteiger partial charge on any atom is 0.223 e. The van der Waals surface area contributed by atoms with Gasteiger partial charge in [0.2, 0.25) is 5.91 Å². The molecule has 3 aromatic rings. The van der Waals surface area contributed by atoms with Crippen molar-refractivity contribution in [3.05, 3.63) is 107 Å². The largest absolute Gasteiger partial charge is 0.352 e. The zero-order valence-electron chi connectivity index (χ0n) is 19.2. The third-order valence-corrected chi connectivity index (χ3v) is 7.06. The van der Waals surface area contributed by atoms with Gasteiger partial charge in [-0.3, -0.25) is 10.1 Å². The second-order valence-electron chi connectivity index (χ2n) is 9.41. The molecule has 2 saturated heterocycles. The highest BCUT2D eigenvalue weighted by Gasteiger charge is 2.49. The Hall–Kier alpha value is -2.99. The maximum atomic E-state index is 13.6. The van der Waals surface area contributed by atoms with Crippen LogP contribution in [0.5, 0.6) is 0 Å². The van der Waals surface area contributed by atoms with Gasteiger partial charge in [0, 0.05) is 24.4 Å². The molecule has 5 atom stereocenters. The van der Waals surface area contributed by atoms with E-state index in [2.05, 4.69) is 96.0 Å². The van der Waals surface area contributed by atoms with Crippen LogP contribution in [0, 0.1) is 25.7 Å². The van der Waals surface area contributed by atoms with Gasteiger partial charge in [0.25, 0.3) is 0 Å². The molecule has 5 nitrogen and oxygen atoms in total. The van der Waals surface area contributed by atoms with Crippen LogP contribution in [-0.2, 0) is 11.3 Å². The molecule has 5 unspecified atom stereocenters. The van der Waals surface area contributed by atoms with E-state index in [9.17, 15) is 4.79 Å². The minimum Gasteiger partial charge on any atom is -0.352 e. The maximum absolute atomic E-state index is 13.6. The summed E-state index contributed by atoms with van der Waals surface area (Å²) in [6, 6.07) is 27.5. The fourth-order valence-corrected chi connectivity index (χ4v) is 5.19. The molecule has 170 valence electrons. The average Bonchev–Trinajstić information content (AvgIpc) is 3.27. The van der Waals surface area contributed by atoms with E-state index in [0.717, 1.165) is 12.0 Å². The number of amides is 1. The van der Waals surface area contributed by atoms with Gasteiger partial charge in [-0.2, -0.15) is 0 Å². The van der Waals surface area contributed by atoms with Crippen molar-refractivity contribution < 1.29 is 4.79 Å². The summed E-state index contributed by atoms with van der Waals surface area (Å²) in [7, 11) is 0. The third-order valence-electron chi connectivity index (χ3n) is 7.06. The molecule has 0 aromatic heterocycles. The normalized spacial score (nSPS) is 26.5. The lowest BCUT2D eigenvalue weighted by Crippen LogP contribution is -2.54. The SMILES string of the molecule is Cc1ccc(C2CC(C(=O)NCc3ccccc3)C3C(NNC3c3ccc(C)cc3)N2)cc1. The van der Waals surface area contributed by atoms with E-state index >= 15 is 0 Å². The first-order chi connectivity index (χ1) is 16.1. The first-order valence-corrected chi connectivity index (χ1v) is 11.8. The highest BCUT2D eigenvalue weighted by atomic mass is 16.1. The Bertz CT molecular complexity index is 1080. The summed E-state index contributed by atoms with van der Waals surface area (Å²) in [4.78, 5) is 13.6. The van der Waals surface area contributed by atoms with E-state index in [0.29, 0.717) is 6.54 Å². The topological polar surface area (TPSA) is 65.2 Å². The van der Waals surface area contributed by atoms with Crippen LogP contribution in [0.15, 0.2) is 78.9 Å². The number of rotatable bonds is 5. The van der Waals surface area contributed by atoms with Gasteiger partial charge in [-0.05, 0) is 37.0 Å². The molecule has 33 heavy (non-hydrogen) atoms. The molecule has 0 bridgehead atoms. The number of aryl methyl sites for hydroxylation is 2. The van der Waals surface area contributed by atoms with Crippen molar-refractivity contribution in [1.82, 2.24) is 21.5 Å². The van der Waals surface area contributed by atoms with Crippen molar-refractivity contribution in [3.63, 3.8) is 0 Å². The fraction of sp³-hybridized carbons (Fsp3) is 0.321. The number of benzene rings is 3. The van der Waals surface area contributed by atoms with Crippen LogP contribution < -0.4 is 21.5 Å². The summed E-state index contributed by atoms with van der Waals surface area (Å²) in [5.41, 5.74) is 13.0. The lowest BCUT2D eigenvalue weighted by molar-refractivity contribution is -0.129. The van der Waals surface area contributed by atoms with E-state index in [-0.39, 0.29) is 36.0 Å². The van der Waals surface area contributed by atoms with E-state index in [1.807, 2.05) is 18.2 Å². The number of carbonyl (C=O) groups excluding carboxylic acids is 1. The van der Waals surface area contributed by atoms with Gasteiger partial charge in [0.1, 0.15) is 0 Å². The molecule has 3 aromatic carbocycles. The van der Waals surface area contributed by atoms with Gasteiger partial charge in [-0.1, -0.05) is 90.0 Å². The minimum atomic E-state index is -0.125. The van der Waals surface area contributed by atoms with Crippen molar-refractivity contribution in [2.45, 2.75) is 45.1 Å². The third kappa shape index (κ3) is 4.71. The summed E-state index contributed by atoms with van der Waals surface area (Å²) in [6.07, 6.45) is 0.764. The van der Waals surface area contributed by atoms with Crippen molar-refractivity contribution in [2.24, 2.45) is 11.8 Å². The molecule has 4 N–H and O–H groups in total. The number of piperidine rings is 1. The molecule has 0 spiro atoms. The van der Waals surface area contributed by atoms with Gasteiger partial charge in [0.05, 0.1) is 12.2 Å². The van der Waals surface area contributed by atoms with Crippen LogP contribution in [0.1, 0.15) is 46.3 Å². The Morgan fingerprint density at radius 1 is 0.848 bits per heavy atom. The minimum absolute atomic E-state index is 0.00355. The van der Waals surface area contributed by atoms with Crippen molar-refractivity contribution >= 4 is 5.91 Å². The Morgan fingerprint density at radius 2 is 1.48 bits per heavy atom. The predicted octanol–water partition coefficient (Wildman–Crippen LogP) is 4.06. The molecule has 2 aliphatic heterocycles. The van der Waals surface area contributed by atoms with Crippen LogP contribution in [0.4, 0.5) is 0 Å². The molecule has 0 aliphatic carbocycles. The van der Waals surface area contributed by atoms with E-state index < -0.39 is 0 Å². The van der Waals surface area contributed by atoms with Gasteiger partial charge in [-0.15, -0.1) is 0 Å². The average molecular weight is 441 g/mol. The summed E-state index contributed by atoms with van der Waals surface area (Å²) in [6.45, 7) is 4.75. The molecule has 0 saturated carbocycles. The highest BCUT2D eigenvalue weighted by molar-refractivity contribution is 5.79. The number of fused-ring (bicyclic) bond motifs is 1. The first-order valence-electron chi connectivity index (χ1n) is 11.8. The molecule has 2 heterocycles. The van der Waals surface area contributed by atoms with Crippen LogP contribution >= 0.6 is 0 Å². The van der Waals surface area contributed by atoms with E-state index in [4.69, 9.17) is 0 Å². The van der Waals surface area contributed by atoms with Gasteiger partial charge >= 0.3 is 0 Å². The predicted molar refractivity (Wildman–Crippen MR) is 131 cm³/mol. The second-order valence-corrected chi connectivity index (χ2v) is 9.41. The zero-order valence-corrected chi connectivity index (χ0v) is 19.2. The summed E-state index contributed by atoms with van der Waals surface area (Å²) >= 11 is 0. The van der Waals surface area contributed by atoms with Gasteiger partial charge in [0.15, 0.2) is 0 Å². The van der Waals surface area contributed by atoms with Crippen molar-refractivity contribution in [1.29, 1.82) is 0 Å². The Labute approximate surface area is 196 Å². The lowest BCUT2D eigenvalue weighted by atomic mass is 9.74. The quantitative estimate of drug-likeness (QED) is 0.483. The molecule has 5 heteroatoms. The molecule has 2 fully saturated rings. The smallest absolute Gasteiger partial charge is 0.223 e. The second kappa shape index (κ2) is 9.48. The number of hydrazine groups is 1. The van der Waals surface area contributed by atoms with Crippen molar-refractivity contribution in [2.75, 3.05) is 0 Å². The van der Waals surface area contributed by atoms with E-state index in [1.54, 1.807) is 0 Å². The molecule has 2 aliphatic rings. The number of carbonyl (C=O) groups is 1. The zero-order chi connectivity index (χ0) is 22.8. The van der Waals surface area contributed by atoms with Crippen LogP contribution in [0.3, 0.4) is 0 Å². The van der Waals surface area contributed by atoms with Crippen LogP contribution in [-0.4, -0.2) is 12.1 Å². The Balaban J connectivity index is 1.41. The number of hydrogen-bond donors (Lipinski definition) is 4. The van der Waals surface area contributed by atoms with Crippen LogP contribution in [0.2, 0.25) is 0 Å². The lowest BCUT2D eigenvalue weighted by Gasteiger charge is -2.40. The first kappa shape index (κ1) is 21.8. The number of nitrogens with one attached hydrogen (secondary N) is 4. The molecule has 0 radical (unpaired) electrons. The fourth-order valence-electron chi connectivity index (χ4n) is 5.19. The molecule has 1 amide bonds. The number of hydrogen-bond acceptors (Lipinski definition) is 4. The highest BCUT2D eigenvalue weighted by Crippen LogP contribution is 2.42. The molecule has 5 rings (SSSR count). The van der Waals surface area contributed by atoms with Crippen molar-refractivity contribution in [3.8, 4) is 0 Å². The summed E-state index contributed by atoms with van der Waals surface area (Å²) in [5, 5.41) is 6.99.